The summed E-state index contributed by atoms with van der Waals surface area (Å²) < 4.78 is 0.836. The Morgan fingerprint density at radius 1 is 1.44 bits per heavy atom. The van der Waals surface area contributed by atoms with Gasteiger partial charge in [-0.1, -0.05) is 18.9 Å². The number of hydrogen-bond acceptors (Lipinski definition) is 1. The lowest BCUT2D eigenvalue weighted by Gasteiger charge is -2.28. The van der Waals surface area contributed by atoms with Crippen molar-refractivity contribution in [2.75, 3.05) is 5.88 Å². The average molecular weight is 331 g/mol. The van der Waals surface area contributed by atoms with Crippen LogP contribution in [0, 0.1) is 6.92 Å². The molecule has 1 N–H and O–H groups in total. The number of nitrogens with one attached hydrogen (secondary N) is 1. The Hall–Kier alpha value is -0.540. The molecule has 1 saturated carbocycles. The summed E-state index contributed by atoms with van der Waals surface area (Å²) in [4.78, 5) is 12.3. The van der Waals surface area contributed by atoms with E-state index in [-0.39, 0.29) is 11.4 Å². The first-order chi connectivity index (χ1) is 8.56. The third-order valence-electron chi connectivity index (χ3n) is 3.56. The summed E-state index contributed by atoms with van der Waals surface area (Å²) in [5.41, 5.74) is 1.60. The summed E-state index contributed by atoms with van der Waals surface area (Å²) in [6.45, 7) is 2.00. The van der Waals surface area contributed by atoms with E-state index in [1.807, 2.05) is 25.1 Å². The van der Waals surface area contributed by atoms with Gasteiger partial charge >= 0.3 is 0 Å². The molecule has 2 nitrogen and oxygen atoms in total. The van der Waals surface area contributed by atoms with E-state index in [9.17, 15) is 4.79 Å². The Morgan fingerprint density at radius 3 is 2.67 bits per heavy atom. The summed E-state index contributed by atoms with van der Waals surface area (Å²) in [5.74, 6) is 0.451. The maximum atomic E-state index is 12.3. The second-order valence-electron chi connectivity index (χ2n) is 5.06. The van der Waals surface area contributed by atoms with Crippen LogP contribution >= 0.6 is 27.5 Å². The van der Waals surface area contributed by atoms with E-state index >= 15 is 0 Å². The largest absolute Gasteiger partial charge is 0.345 e. The van der Waals surface area contributed by atoms with Crippen molar-refractivity contribution in [2.45, 2.75) is 38.1 Å². The van der Waals surface area contributed by atoms with Crippen molar-refractivity contribution >= 4 is 33.4 Å². The SMILES string of the molecule is Cc1ccc(C(=O)NC2(CCl)CCCC2)c(Br)c1. The van der Waals surface area contributed by atoms with E-state index in [2.05, 4.69) is 21.2 Å². The fourth-order valence-corrected chi connectivity index (χ4v) is 3.46. The minimum absolute atomic E-state index is 0.0376. The molecule has 1 amide bonds. The summed E-state index contributed by atoms with van der Waals surface area (Å²) in [6, 6.07) is 5.75. The normalized spacial score (nSPS) is 17.7. The van der Waals surface area contributed by atoms with Gasteiger partial charge in [0, 0.05) is 10.4 Å². The van der Waals surface area contributed by atoms with Gasteiger partial charge in [0.1, 0.15) is 0 Å². The zero-order valence-corrected chi connectivity index (χ0v) is 12.8. The molecular weight excluding hydrogens is 314 g/mol. The number of alkyl halides is 1. The summed E-state index contributed by atoms with van der Waals surface area (Å²) in [6.07, 6.45) is 4.24. The molecule has 0 atom stereocenters. The Kier molecular flexibility index (Phi) is 4.33. The van der Waals surface area contributed by atoms with Crippen molar-refractivity contribution in [3.63, 3.8) is 0 Å². The van der Waals surface area contributed by atoms with E-state index in [4.69, 9.17) is 11.6 Å². The summed E-state index contributed by atoms with van der Waals surface area (Å²) in [7, 11) is 0. The standard InChI is InChI=1S/C14H17BrClNO/c1-10-4-5-11(12(15)8-10)13(18)17-14(9-16)6-2-3-7-14/h4-5,8H,2-3,6-7,9H2,1H3,(H,17,18). The molecule has 2 rings (SSSR count). The first-order valence-corrected chi connectivity index (χ1v) is 7.54. The molecule has 0 heterocycles. The Balaban J connectivity index is 2.16. The third kappa shape index (κ3) is 2.89. The second-order valence-corrected chi connectivity index (χ2v) is 6.18. The molecule has 1 aromatic carbocycles. The lowest BCUT2D eigenvalue weighted by molar-refractivity contribution is 0.0908. The number of aryl methyl sites for hydroxylation is 1. The Labute approximate surface area is 121 Å². The molecule has 1 aliphatic rings. The van der Waals surface area contributed by atoms with Gasteiger partial charge < -0.3 is 5.32 Å². The van der Waals surface area contributed by atoms with Crippen LogP contribution in [-0.2, 0) is 0 Å². The fraction of sp³-hybridized carbons (Fsp3) is 0.500. The van der Waals surface area contributed by atoms with Crippen LogP contribution in [0.5, 0.6) is 0 Å². The topological polar surface area (TPSA) is 29.1 Å². The molecule has 98 valence electrons. The van der Waals surface area contributed by atoms with Crippen LogP contribution in [0.4, 0.5) is 0 Å². The number of carbonyl (C=O) groups excluding carboxylic acids is 1. The van der Waals surface area contributed by atoms with Crippen LogP contribution in [0.15, 0.2) is 22.7 Å². The van der Waals surface area contributed by atoms with Crippen molar-refractivity contribution < 1.29 is 4.79 Å². The smallest absolute Gasteiger partial charge is 0.252 e. The minimum Gasteiger partial charge on any atom is -0.345 e. The highest BCUT2D eigenvalue weighted by Gasteiger charge is 2.34. The van der Waals surface area contributed by atoms with Crippen molar-refractivity contribution in [1.29, 1.82) is 0 Å². The summed E-state index contributed by atoms with van der Waals surface area (Å²) >= 11 is 9.48. The van der Waals surface area contributed by atoms with E-state index < -0.39 is 0 Å². The number of rotatable bonds is 3. The molecule has 0 saturated heterocycles. The van der Waals surface area contributed by atoms with Crippen LogP contribution in [0.25, 0.3) is 0 Å². The third-order valence-corrected chi connectivity index (χ3v) is 4.73. The van der Waals surface area contributed by atoms with Gasteiger partial charge in [-0.25, -0.2) is 0 Å². The molecule has 1 aliphatic carbocycles. The molecule has 0 spiro atoms. The predicted molar refractivity (Wildman–Crippen MR) is 78.3 cm³/mol. The van der Waals surface area contributed by atoms with Crippen LogP contribution in [0.3, 0.4) is 0 Å². The zero-order valence-electron chi connectivity index (χ0n) is 10.4. The van der Waals surface area contributed by atoms with Gasteiger partial charge in [0.15, 0.2) is 0 Å². The number of halogens is 2. The monoisotopic (exact) mass is 329 g/mol. The highest BCUT2D eigenvalue weighted by atomic mass is 79.9. The van der Waals surface area contributed by atoms with E-state index in [1.54, 1.807) is 0 Å². The molecule has 0 radical (unpaired) electrons. The number of carbonyl (C=O) groups is 1. The van der Waals surface area contributed by atoms with Gasteiger partial charge in [0.05, 0.1) is 11.1 Å². The maximum Gasteiger partial charge on any atom is 0.252 e. The minimum atomic E-state index is -0.205. The lowest BCUT2D eigenvalue weighted by Crippen LogP contribution is -2.48. The van der Waals surface area contributed by atoms with Gasteiger partial charge in [-0.05, 0) is 53.4 Å². The van der Waals surface area contributed by atoms with Gasteiger partial charge in [-0.3, -0.25) is 4.79 Å². The van der Waals surface area contributed by atoms with Gasteiger partial charge in [0.25, 0.3) is 5.91 Å². The van der Waals surface area contributed by atoms with Crippen LogP contribution in [0.1, 0.15) is 41.6 Å². The van der Waals surface area contributed by atoms with Crippen molar-refractivity contribution in [1.82, 2.24) is 5.32 Å². The second kappa shape index (κ2) is 5.62. The number of amides is 1. The number of hydrogen-bond donors (Lipinski definition) is 1. The lowest BCUT2D eigenvalue weighted by atomic mass is 9.99. The molecule has 18 heavy (non-hydrogen) atoms. The fourth-order valence-electron chi connectivity index (χ4n) is 2.46. The first-order valence-electron chi connectivity index (χ1n) is 6.21. The van der Waals surface area contributed by atoms with Crippen molar-refractivity contribution in [3.05, 3.63) is 33.8 Å². The molecule has 0 unspecified atom stereocenters. The Morgan fingerprint density at radius 2 is 2.11 bits per heavy atom. The summed E-state index contributed by atoms with van der Waals surface area (Å²) in [5, 5.41) is 3.12. The van der Waals surface area contributed by atoms with E-state index in [0.717, 1.165) is 35.7 Å². The van der Waals surface area contributed by atoms with Gasteiger partial charge in [-0.2, -0.15) is 0 Å². The maximum absolute atomic E-state index is 12.3. The molecule has 4 heteroatoms. The van der Waals surface area contributed by atoms with Crippen molar-refractivity contribution in [3.8, 4) is 0 Å². The van der Waals surface area contributed by atoms with E-state index in [1.165, 1.54) is 0 Å². The first kappa shape index (κ1) is 13.9. The molecular formula is C14H17BrClNO. The van der Waals surface area contributed by atoms with Crippen LogP contribution in [0.2, 0.25) is 0 Å². The van der Waals surface area contributed by atoms with Gasteiger partial charge in [-0.15, -0.1) is 11.6 Å². The highest BCUT2D eigenvalue weighted by Crippen LogP contribution is 2.31. The molecule has 0 aliphatic heterocycles. The van der Waals surface area contributed by atoms with E-state index in [0.29, 0.717) is 11.4 Å². The molecule has 0 aromatic heterocycles. The van der Waals surface area contributed by atoms with Gasteiger partial charge in [0.2, 0.25) is 0 Å². The number of benzene rings is 1. The Bertz CT molecular complexity index is 455. The predicted octanol–water partition coefficient (Wildman–Crippen LogP) is 4.04. The molecule has 1 fully saturated rings. The highest BCUT2D eigenvalue weighted by molar-refractivity contribution is 9.10. The zero-order chi connectivity index (χ0) is 13.2. The molecule has 0 bridgehead atoms. The van der Waals surface area contributed by atoms with Crippen molar-refractivity contribution in [2.24, 2.45) is 0 Å². The quantitative estimate of drug-likeness (QED) is 0.833. The average Bonchev–Trinajstić information content (AvgIpc) is 2.78. The van der Waals surface area contributed by atoms with Crippen LogP contribution in [-0.4, -0.2) is 17.3 Å². The molecule has 1 aromatic rings. The van der Waals surface area contributed by atoms with Crippen LogP contribution < -0.4 is 5.32 Å².